The number of hydrogen-bond acceptors (Lipinski definition) is 3. The molecule has 0 aromatic heterocycles. The molecule has 0 bridgehead atoms. The lowest BCUT2D eigenvalue weighted by Gasteiger charge is -2.16. The summed E-state index contributed by atoms with van der Waals surface area (Å²) in [6.45, 7) is 8.85. The van der Waals surface area contributed by atoms with Gasteiger partial charge in [0.2, 0.25) is 0 Å². The lowest BCUT2D eigenvalue weighted by Crippen LogP contribution is -2.20. The Morgan fingerprint density at radius 1 is 1.15 bits per heavy atom. The molecule has 0 heterocycles. The van der Waals surface area contributed by atoms with E-state index in [1.165, 1.54) is 0 Å². The fourth-order valence-electron chi connectivity index (χ4n) is 2.30. The van der Waals surface area contributed by atoms with Crippen LogP contribution in [0.5, 0.6) is 5.75 Å². The van der Waals surface area contributed by atoms with E-state index in [-0.39, 0.29) is 17.8 Å². The van der Waals surface area contributed by atoms with E-state index in [1.807, 2.05) is 38.1 Å². The van der Waals surface area contributed by atoms with Crippen molar-refractivity contribution in [2.45, 2.75) is 46.6 Å². The Bertz CT molecular complexity index is 410. The van der Waals surface area contributed by atoms with Crippen LogP contribution in [0.3, 0.4) is 0 Å². The Hall–Kier alpha value is -1.35. The summed E-state index contributed by atoms with van der Waals surface area (Å²) in [5.74, 6) is 1.80. The third kappa shape index (κ3) is 5.74. The largest absolute Gasteiger partial charge is 0.491 e. The molecule has 2 N–H and O–H groups in total. The van der Waals surface area contributed by atoms with Crippen molar-refractivity contribution in [3.05, 3.63) is 29.8 Å². The molecule has 0 radical (unpaired) electrons. The minimum atomic E-state index is 0.143. The number of ketones is 1. The molecule has 3 heteroatoms. The van der Waals surface area contributed by atoms with E-state index in [2.05, 4.69) is 13.8 Å². The monoisotopic (exact) mass is 277 g/mol. The second-order valence-electron chi connectivity index (χ2n) is 6.05. The zero-order valence-electron chi connectivity index (χ0n) is 13.1. The molecule has 0 saturated carbocycles. The highest BCUT2D eigenvalue weighted by Gasteiger charge is 2.15. The summed E-state index contributed by atoms with van der Waals surface area (Å²) in [5, 5.41) is 0. The van der Waals surface area contributed by atoms with Crippen molar-refractivity contribution in [3.8, 4) is 5.75 Å². The highest BCUT2D eigenvalue weighted by atomic mass is 16.5. The molecule has 0 aliphatic carbocycles. The molecule has 3 nitrogen and oxygen atoms in total. The molecule has 0 fully saturated rings. The third-order valence-corrected chi connectivity index (χ3v) is 3.16. The number of benzene rings is 1. The quantitative estimate of drug-likeness (QED) is 0.738. The van der Waals surface area contributed by atoms with Crippen LogP contribution >= 0.6 is 0 Å². The third-order valence-electron chi connectivity index (χ3n) is 3.16. The average Bonchev–Trinajstić information content (AvgIpc) is 2.37. The standard InChI is InChI=1S/C17H27NO2/c1-12(2)9-14(11-18)10-17(19)15-5-7-16(8-6-15)20-13(3)4/h5-8,12-14H,9-11,18H2,1-4H3. The van der Waals surface area contributed by atoms with Crippen molar-refractivity contribution in [1.82, 2.24) is 0 Å². The highest BCUT2D eigenvalue weighted by molar-refractivity contribution is 5.96. The first kappa shape index (κ1) is 16.7. The van der Waals surface area contributed by atoms with Gasteiger partial charge in [-0.05, 0) is 62.9 Å². The van der Waals surface area contributed by atoms with Gasteiger partial charge < -0.3 is 10.5 Å². The average molecular weight is 277 g/mol. The molecular formula is C17H27NO2. The summed E-state index contributed by atoms with van der Waals surface area (Å²) in [7, 11) is 0. The van der Waals surface area contributed by atoms with Gasteiger partial charge in [-0.15, -0.1) is 0 Å². The molecular weight excluding hydrogens is 250 g/mol. The van der Waals surface area contributed by atoms with Crippen LogP contribution in [0.25, 0.3) is 0 Å². The van der Waals surface area contributed by atoms with Gasteiger partial charge in [-0.25, -0.2) is 0 Å². The van der Waals surface area contributed by atoms with Crippen LogP contribution in [-0.4, -0.2) is 18.4 Å². The summed E-state index contributed by atoms with van der Waals surface area (Å²) >= 11 is 0. The Morgan fingerprint density at radius 3 is 2.20 bits per heavy atom. The van der Waals surface area contributed by atoms with Gasteiger partial charge in [0.15, 0.2) is 5.78 Å². The van der Waals surface area contributed by atoms with Crippen LogP contribution in [0.1, 0.15) is 50.9 Å². The van der Waals surface area contributed by atoms with Crippen molar-refractivity contribution < 1.29 is 9.53 Å². The van der Waals surface area contributed by atoms with Crippen LogP contribution in [-0.2, 0) is 0 Å². The molecule has 20 heavy (non-hydrogen) atoms. The van der Waals surface area contributed by atoms with Gasteiger partial charge >= 0.3 is 0 Å². The van der Waals surface area contributed by atoms with Crippen LogP contribution in [0.2, 0.25) is 0 Å². The number of carbonyl (C=O) groups excluding carboxylic acids is 1. The topological polar surface area (TPSA) is 52.3 Å². The molecule has 1 aromatic carbocycles. The Kier molecular flexibility index (Phi) is 6.73. The molecule has 0 spiro atoms. The number of hydrogen-bond donors (Lipinski definition) is 1. The fourth-order valence-corrected chi connectivity index (χ4v) is 2.30. The van der Waals surface area contributed by atoms with E-state index in [9.17, 15) is 4.79 Å². The second-order valence-corrected chi connectivity index (χ2v) is 6.05. The lowest BCUT2D eigenvalue weighted by molar-refractivity contribution is 0.0957. The Labute approximate surface area is 122 Å². The zero-order chi connectivity index (χ0) is 15.1. The van der Waals surface area contributed by atoms with Gasteiger partial charge in [0, 0.05) is 12.0 Å². The van der Waals surface area contributed by atoms with Crippen LogP contribution in [0.4, 0.5) is 0 Å². The summed E-state index contributed by atoms with van der Waals surface area (Å²) in [5.41, 5.74) is 6.49. The van der Waals surface area contributed by atoms with E-state index >= 15 is 0 Å². The maximum Gasteiger partial charge on any atom is 0.163 e. The predicted octanol–water partition coefficient (Wildman–Crippen LogP) is 3.67. The lowest BCUT2D eigenvalue weighted by atomic mass is 9.91. The second kappa shape index (κ2) is 8.05. The van der Waals surface area contributed by atoms with Gasteiger partial charge in [-0.3, -0.25) is 4.79 Å². The predicted molar refractivity (Wildman–Crippen MR) is 83.2 cm³/mol. The number of nitrogens with two attached hydrogens (primary N) is 1. The maximum absolute atomic E-state index is 12.2. The number of Topliss-reactive ketones (excluding diaryl/α,β-unsaturated/α-hetero) is 1. The molecule has 0 aliphatic rings. The van der Waals surface area contributed by atoms with E-state index in [0.717, 1.165) is 17.7 Å². The summed E-state index contributed by atoms with van der Waals surface area (Å²) < 4.78 is 5.57. The smallest absolute Gasteiger partial charge is 0.163 e. The first-order valence-corrected chi connectivity index (χ1v) is 7.42. The normalized spacial score (nSPS) is 12.8. The number of ether oxygens (including phenoxy) is 1. The van der Waals surface area contributed by atoms with Gasteiger partial charge in [0.25, 0.3) is 0 Å². The molecule has 0 amide bonds. The first-order valence-electron chi connectivity index (χ1n) is 7.42. The number of rotatable bonds is 8. The van der Waals surface area contributed by atoms with Crippen LogP contribution in [0.15, 0.2) is 24.3 Å². The summed E-state index contributed by atoms with van der Waals surface area (Å²) in [6.07, 6.45) is 1.67. The van der Waals surface area contributed by atoms with Crippen molar-refractivity contribution in [1.29, 1.82) is 0 Å². The molecule has 0 aliphatic heterocycles. The molecule has 1 rings (SSSR count). The van der Waals surface area contributed by atoms with Gasteiger partial charge in [0.05, 0.1) is 6.10 Å². The van der Waals surface area contributed by atoms with Crippen molar-refractivity contribution in [2.24, 2.45) is 17.6 Å². The van der Waals surface area contributed by atoms with E-state index in [4.69, 9.17) is 10.5 Å². The van der Waals surface area contributed by atoms with Crippen molar-refractivity contribution in [3.63, 3.8) is 0 Å². The molecule has 1 atom stereocenters. The SMILES string of the molecule is CC(C)CC(CN)CC(=O)c1ccc(OC(C)C)cc1. The minimum absolute atomic E-state index is 0.143. The zero-order valence-corrected chi connectivity index (χ0v) is 13.1. The van der Waals surface area contributed by atoms with Crippen molar-refractivity contribution in [2.75, 3.05) is 6.54 Å². The Morgan fingerprint density at radius 2 is 1.75 bits per heavy atom. The molecule has 112 valence electrons. The van der Waals surface area contributed by atoms with Crippen LogP contribution < -0.4 is 10.5 Å². The van der Waals surface area contributed by atoms with Crippen molar-refractivity contribution >= 4 is 5.78 Å². The fraction of sp³-hybridized carbons (Fsp3) is 0.588. The van der Waals surface area contributed by atoms with E-state index < -0.39 is 0 Å². The van der Waals surface area contributed by atoms with Crippen LogP contribution in [0, 0.1) is 11.8 Å². The summed E-state index contributed by atoms with van der Waals surface area (Å²) in [6, 6.07) is 7.38. The maximum atomic E-state index is 12.2. The first-order chi connectivity index (χ1) is 9.42. The number of carbonyl (C=O) groups is 1. The minimum Gasteiger partial charge on any atom is -0.491 e. The van der Waals surface area contributed by atoms with Gasteiger partial charge in [-0.1, -0.05) is 13.8 Å². The van der Waals surface area contributed by atoms with Gasteiger partial charge in [0.1, 0.15) is 5.75 Å². The Balaban J connectivity index is 2.62. The van der Waals surface area contributed by atoms with Gasteiger partial charge in [-0.2, -0.15) is 0 Å². The highest BCUT2D eigenvalue weighted by Crippen LogP contribution is 2.19. The van der Waals surface area contributed by atoms with E-state index in [1.54, 1.807) is 0 Å². The molecule has 1 unspecified atom stereocenters. The summed E-state index contributed by atoms with van der Waals surface area (Å²) in [4.78, 5) is 12.2. The molecule has 1 aromatic rings. The van der Waals surface area contributed by atoms with E-state index in [0.29, 0.717) is 18.9 Å². The molecule has 0 saturated heterocycles.